The molecule has 2 N–H and O–H groups in total. The lowest BCUT2D eigenvalue weighted by molar-refractivity contribution is -0.131. The first-order valence-electron chi connectivity index (χ1n) is 6.39. The summed E-state index contributed by atoms with van der Waals surface area (Å²) in [5, 5.41) is 0.675. The molecule has 4 nitrogen and oxygen atoms in total. The Morgan fingerprint density at radius 1 is 1.61 bits per heavy atom. The third-order valence-corrected chi connectivity index (χ3v) is 4.73. The van der Waals surface area contributed by atoms with E-state index in [1.54, 1.807) is 4.90 Å². The van der Waals surface area contributed by atoms with Crippen LogP contribution in [-0.4, -0.2) is 64.9 Å². The average Bonchev–Trinajstić information content (AvgIpc) is 2.36. The molecule has 0 radical (unpaired) electrons. The van der Waals surface area contributed by atoms with Crippen LogP contribution in [-0.2, 0) is 4.79 Å². The Morgan fingerprint density at radius 2 is 2.33 bits per heavy atom. The highest BCUT2D eigenvalue weighted by molar-refractivity contribution is 8.00. The van der Waals surface area contributed by atoms with Gasteiger partial charge in [-0.05, 0) is 6.42 Å². The minimum absolute atomic E-state index is 0.160. The van der Waals surface area contributed by atoms with E-state index in [1.807, 2.05) is 18.8 Å². The fourth-order valence-electron chi connectivity index (χ4n) is 1.89. The van der Waals surface area contributed by atoms with E-state index < -0.39 is 0 Å². The molecule has 1 heterocycles. The van der Waals surface area contributed by atoms with Crippen molar-refractivity contribution in [1.29, 1.82) is 0 Å². The van der Waals surface area contributed by atoms with E-state index in [9.17, 15) is 4.79 Å². The van der Waals surface area contributed by atoms with E-state index >= 15 is 0 Å². The number of thioether (sulfide) groups is 1. The van der Waals surface area contributed by atoms with Gasteiger partial charge in [-0.1, -0.05) is 19.1 Å². The topological polar surface area (TPSA) is 49.6 Å². The predicted octanol–water partition coefficient (Wildman–Crippen LogP) is 0.948. The van der Waals surface area contributed by atoms with Crippen LogP contribution < -0.4 is 5.73 Å². The van der Waals surface area contributed by atoms with Crippen molar-refractivity contribution in [2.45, 2.75) is 25.0 Å². The van der Waals surface area contributed by atoms with Crippen molar-refractivity contribution in [3.8, 4) is 0 Å². The van der Waals surface area contributed by atoms with Crippen LogP contribution in [0, 0.1) is 0 Å². The summed E-state index contributed by atoms with van der Waals surface area (Å²) in [6.45, 7) is 5.38. The monoisotopic (exact) mass is 289 g/mol. The normalized spacial score (nSPS) is 20.7. The number of nitrogens with zero attached hydrogens (tertiary/aromatic N) is 2. The maximum atomic E-state index is 12.0. The summed E-state index contributed by atoms with van der Waals surface area (Å²) in [5.74, 6) is 1.29. The molecule has 104 valence electrons. The van der Waals surface area contributed by atoms with Crippen LogP contribution in [0.25, 0.3) is 0 Å². The predicted molar refractivity (Wildman–Crippen MR) is 82.0 cm³/mol. The van der Waals surface area contributed by atoms with Crippen LogP contribution >= 0.6 is 24.0 Å². The minimum atomic E-state index is 0.160. The Hall–Kier alpha value is -0.330. The van der Waals surface area contributed by atoms with E-state index in [0.717, 1.165) is 18.8 Å². The summed E-state index contributed by atoms with van der Waals surface area (Å²) in [5.41, 5.74) is 5.44. The number of rotatable bonds is 6. The van der Waals surface area contributed by atoms with Gasteiger partial charge in [-0.3, -0.25) is 9.69 Å². The summed E-state index contributed by atoms with van der Waals surface area (Å²) >= 11 is 6.84. The molecule has 1 unspecified atom stereocenters. The van der Waals surface area contributed by atoms with Gasteiger partial charge in [-0.15, -0.1) is 0 Å². The van der Waals surface area contributed by atoms with Gasteiger partial charge in [0.25, 0.3) is 0 Å². The van der Waals surface area contributed by atoms with Gasteiger partial charge >= 0.3 is 0 Å². The van der Waals surface area contributed by atoms with Crippen molar-refractivity contribution in [3.05, 3.63) is 0 Å². The first-order chi connectivity index (χ1) is 8.52. The lowest BCUT2D eigenvalue weighted by atomic mass is 10.3. The average molecular weight is 289 g/mol. The molecule has 0 spiro atoms. The fraction of sp³-hybridized carbons (Fsp3) is 0.833. The number of hydrogen-bond acceptors (Lipinski definition) is 4. The van der Waals surface area contributed by atoms with E-state index in [2.05, 4.69) is 11.8 Å². The molecule has 1 saturated heterocycles. The molecule has 0 aromatic heterocycles. The molecule has 0 bridgehead atoms. The molecule has 6 heteroatoms. The summed E-state index contributed by atoms with van der Waals surface area (Å²) in [7, 11) is 1.82. The maximum absolute atomic E-state index is 12.0. The summed E-state index contributed by atoms with van der Waals surface area (Å²) in [6.07, 6.45) is 1.78. The molecule has 1 amide bonds. The Balaban J connectivity index is 2.32. The summed E-state index contributed by atoms with van der Waals surface area (Å²) in [6, 6.07) is 0. The smallest absolute Gasteiger partial charge is 0.236 e. The number of carbonyl (C=O) groups excluding carboxylic acids is 1. The summed E-state index contributed by atoms with van der Waals surface area (Å²) < 4.78 is 0. The highest BCUT2D eigenvalue weighted by atomic mass is 32.2. The molecule has 0 aliphatic carbocycles. The van der Waals surface area contributed by atoms with Gasteiger partial charge < -0.3 is 10.6 Å². The van der Waals surface area contributed by atoms with Crippen molar-refractivity contribution in [3.63, 3.8) is 0 Å². The standard InChI is InChI=1S/C12H23N3OS2/c1-3-10-8-15(6-7-18-10)9-12(16)14(2)5-4-11(13)17/h10H,3-9H2,1-2H3,(H2,13,17). The third-order valence-electron chi connectivity index (χ3n) is 3.16. The Labute approximate surface area is 119 Å². The van der Waals surface area contributed by atoms with Crippen LogP contribution in [0.3, 0.4) is 0 Å². The summed E-state index contributed by atoms with van der Waals surface area (Å²) in [4.78, 5) is 16.5. The van der Waals surface area contributed by atoms with Crippen molar-refractivity contribution in [2.24, 2.45) is 5.73 Å². The van der Waals surface area contributed by atoms with Crippen LogP contribution in [0.5, 0.6) is 0 Å². The molecular weight excluding hydrogens is 266 g/mol. The first kappa shape index (κ1) is 15.7. The van der Waals surface area contributed by atoms with Gasteiger partial charge in [0, 0.05) is 44.1 Å². The lowest BCUT2D eigenvalue weighted by Gasteiger charge is -2.32. The number of likely N-dealkylation sites (N-methyl/N-ethyl adjacent to an activating group) is 1. The molecule has 0 aromatic carbocycles. The zero-order valence-electron chi connectivity index (χ0n) is 11.2. The van der Waals surface area contributed by atoms with E-state index in [4.69, 9.17) is 18.0 Å². The second-order valence-electron chi connectivity index (χ2n) is 4.67. The van der Waals surface area contributed by atoms with Crippen molar-refractivity contribution in [1.82, 2.24) is 9.80 Å². The van der Waals surface area contributed by atoms with Crippen molar-refractivity contribution < 1.29 is 4.79 Å². The largest absolute Gasteiger partial charge is 0.393 e. The molecule has 1 rings (SSSR count). The van der Waals surface area contributed by atoms with Crippen LogP contribution in [0.2, 0.25) is 0 Å². The minimum Gasteiger partial charge on any atom is -0.393 e. The van der Waals surface area contributed by atoms with Gasteiger partial charge in [0.15, 0.2) is 0 Å². The van der Waals surface area contributed by atoms with Crippen LogP contribution in [0.1, 0.15) is 19.8 Å². The highest BCUT2D eigenvalue weighted by Crippen LogP contribution is 2.20. The molecule has 0 aromatic rings. The number of hydrogen-bond donors (Lipinski definition) is 1. The number of carbonyl (C=O) groups is 1. The van der Waals surface area contributed by atoms with Gasteiger partial charge in [-0.2, -0.15) is 11.8 Å². The number of nitrogens with two attached hydrogens (primary N) is 1. The number of thiocarbonyl (C=S) groups is 1. The first-order valence-corrected chi connectivity index (χ1v) is 7.84. The van der Waals surface area contributed by atoms with Crippen molar-refractivity contribution in [2.75, 3.05) is 39.0 Å². The van der Waals surface area contributed by atoms with Gasteiger partial charge in [0.05, 0.1) is 11.5 Å². The fourth-order valence-corrected chi connectivity index (χ4v) is 3.23. The van der Waals surface area contributed by atoms with E-state index in [-0.39, 0.29) is 5.91 Å². The zero-order valence-corrected chi connectivity index (χ0v) is 12.9. The van der Waals surface area contributed by atoms with Gasteiger partial charge in [0.1, 0.15) is 0 Å². The molecular formula is C12H23N3OS2. The van der Waals surface area contributed by atoms with Crippen molar-refractivity contribution >= 4 is 34.9 Å². The molecule has 1 aliphatic rings. The van der Waals surface area contributed by atoms with Crippen LogP contribution in [0.15, 0.2) is 0 Å². The lowest BCUT2D eigenvalue weighted by Crippen LogP contribution is -2.44. The SMILES string of the molecule is CCC1CN(CC(=O)N(C)CCC(N)=S)CCS1. The molecule has 1 aliphatic heterocycles. The quantitative estimate of drug-likeness (QED) is 0.738. The highest BCUT2D eigenvalue weighted by Gasteiger charge is 2.21. The third kappa shape index (κ3) is 5.54. The zero-order chi connectivity index (χ0) is 13.5. The Bertz CT molecular complexity index is 299. The molecule has 18 heavy (non-hydrogen) atoms. The Morgan fingerprint density at radius 3 is 2.94 bits per heavy atom. The van der Waals surface area contributed by atoms with E-state index in [0.29, 0.717) is 29.7 Å². The van der Waals surface area contributed by atoms with Crippen LogP contribution in [0.4, 0.5) is 0 Å². The van der Waals surface area contributed by atoms with E-state index in [1.165, 1.54) is 6.42 Å². The van der Waals surface area contributed by atoms with Gasteiger partial charge in [0.2, 0.25) is 5.91 Å². The Kier molecular flexibility index (Phi) is 6.96. The maximum Gasteiger partial charge on any atom is 0.236 e. The van der Waals surface area contributed by atoms with Gasteiger partial charge in [-0.25, -0.2) is 0 Å². The second kappa shape index (κ2) is 7.96. The molecule has 0 saturated carbocycles. The molecule has 1 atom stereocenters. The number of amides is 1. The second-order valence-corrected chi connectivity index (χ2v) is 6.60. The molecule has 1 fully saturated rings.